The van der Waals surface area contributed by atoms with E-state index in [1.807, 2.05) is 6.07 Å². The van der Waals surface area contributed by atoms with Gasteiger partial charge >= 0.3 is 0 Å². The maximum Gasteiger partial charge on any atom is 0.130 e. The van der Waals surface area contributed by atoms with Gasteiger partial charge in [0.05, 0.1) is 0 Å². The largest absolute Gasteiger partial charge is 0.300 e. The zero-order valence-electron chi connectivity index (χ0n) is 10.2. The lowest BCUT2D eigenvalue weighted by Gasteiger charge is -2.33. The van der Waals surface area contributed by atoms with Gasteiger partial charge in [-0.1, -0.05) is 43.7 Å². The van der Waals surface area contributed by atoms with E-state index in [0.29, 0.717) is 18.1 Å². The number of ketones is 1. The molecule has 1 saturated carbocycles. The Kier molecular flexibility index (Phi) is 3.13. The fourth-order valence-corrected chi connectivity index (χ4v) is 3.25. The molecule has 16 heavy (non-hydrogen) atoms. The first-order valence-corrected chi connectivity index (χ1v) is 6.20. The molecule has 0 bridgehead atoms. The van der Waals surface area contributed by atoms with E-state index >= 15 is 0 Å². The molecule has 1 aromatic rings. The van der Waals surface area contributed by atoms with Crippen molar-refractivity contribution in [3.8, 4) is 0 Å². The van der Waals surface area contributed by atoms with E-state index in [-0.39, 0.29) is 5.41 Å². The quantitative estimate of drug-likeness (QED) is 0.752. The minimum absolute atomic E-state index is 0.118. The lowest BCUT2D eigenvalue weighted by atomic mass is 9.70. The molecule has 1 aliphatic rings. The highest BCUT2D eigenvalue weighted by atomic mass is 16.1. The highest BCUT2D eigenvalue weighted by Crippen LogP contribution is 2.48. The van der Waals surface area contributed by atoms with Gasteiger partial charge in [-0.3, -0.25) is 4.79 Å². The van der Waals surface area contributed by atoms with E-state index in [4.69, 9.17) is 0 Å². The van der Waals surface area contributed by atoms with Crippen molar-refractivity contribution in [2.75, 3.05) is 0 Å². The maximum absolute atomic E-state index is 11.5. The molecule has 1 aromatic carbocycles. The second-order valence-electron chi connectivity index (χ2n) is 5.19. The third kappa shape index (κ3) is 1.91. The van der Waals surface area contributed by atoms with Crippen molar-refractivity contribution in [1.82, 2.24) is 0 Å². The van der Waals surface area contributed by atoms with Crippen LogP contribution in [0.1, 0.15) is 45.1 Å². The Morgan fingerprint density at radius 3 is 2.56 bits per heavy atom. The van der Waals surface area contributed by atoms with Crippen molar-refractivity contribution in [1.29, 1.82) is 0 Å². The minimum Gasteiger partial charge on any atom is -0.300 e. The predicted octanol–water partition coefficient (Wildman–Crippen LogP) is 3.72. The van der Waals surface area contributed by atoms with Crippen LogP contribution in [0, 0.1) is 5.92 Å². The summed E-state index contributed by atoms with van der Waals surface area (Å²) in [7, 11) is 0. The number of Topliss-reactive ketones (excluding diaryl/α,β-unsaturated/α-hetero) is 1. The van der Waals surface area contributed by atoms with Crippen LogP contribution in [0.3, 0.4) is 0 Å². The van der Waals surface area contributed by atoms with Crippen LogP contribution in [0.25, 0.3) is 0 Å². The number of hydrogen-bond donors (Lipinski definition) is 0. The summed E-state index contributed by atoms with van der Waals surface area (Å²) < 4.78 is 0. The zero-order valence-corrected chi connectivity index (χ0v) is 10.2. The summed E-state index contributed by atoms with van der Waals surface area (Å²) >= 11 is 0. The normalized spacial score (nSPS) is 29.2. The van der Waals surface area contributed by atoms with Crippen LogP contribution in [0.2, 0.25) is 0 Å². The van der Waals surface area contributed by atoms with Crippen molar-refractivity contribution in [3.63, 3.8) is 0 Å². The summed E-state index contributed by atoms with van der Waals surface area (Å²) in [4.78, 5) is 11.5. The molecule has 1 nitrogen and oxygen atoms in total. The van der Waals surface area contributed by atoms with Crippen LogP contribution in [0.15, 0.2) is 30.3 Å². The van der Waals surface area contributed by atoms with Crippen molar-refractivity contribution in [2.24, 2.45) is 5.92 Å². The molecule has 0 amide bonds. The molecule has 0 aromatic heterocycles. The minimum atomic E-state index is 0.118. The van der Waals surface area contributed by atoms with Crippen molar-refractivity contribution in [3.05, 3.63) is 35.9 Å². The van der Waals surface area contributed by atoms with Gasteiger partial charge in [0.15, 0.2) is 0 Å². The van der Waals surface area contributed by atoms with Crippen LogP contribution < -0.4 is 0 Å². The van der Waals surface area contributed by atoms with Crippen molar-refractivity contribution in [2.45, 2.75) is 44.9 Å². The van der Waals surface area contributed by atoms with Crippen LogP contribution in [0.4, 0.5) is 0 Å². The van der Waals surface area contributed by atoms with Crippen molar-refractivity contribution < 1.29 is 4.79 Å². The smallest absolute Gasteiger partial charge is 0.130 e. The molecule has 0 heterocycles. The third-order valence-electron chi connectivity index (χ3n) is 4.12. The van der Waals surface area contributed by atoms with Crippen LogP contribution in [0.5, 0.6) is 0 Å². The first kappa shape index (κ1) is 11.4. The van der Waals surface area contributed by atoms with Crippen LogP contribution in [-0.2, 0) is 10.2 Å². The average molecular weight is 216 g/mol. The Morgan fingerprint density at radius 2 is 2.06 bits per heavy atom. The van der Waals surface area contributed by atoms with E-state index in [9.17, 15) is 4.79 Å². The molecule has 86 valence electrons. The molecule has 2 atom stereocenters. The first-order valence-electron chi connectivity index (χ1n) is 6.20. The molecule has 0 spiro atoms. The van der Waals surface area contributed by atoms with Gasteiger partial charge in [-0.05, 0) is 31.2 Å². The monoisotopic (exact) mass is 216 g/mol. The van der Waals surface area contributed by atoms with Crippen molar-refractivity contribution >= 4 is 5.78 Å². The molecular weight excluding hydrogens is 196 g/mol. The lowest BCUT2D eigenvalue weighted by Crippen LogP contribution is -2.31. The molecule has 2 rings (SSSR count). The van der Waals surface area contributed by atoms with Crippen LogP contribution in [-0.4, -0.2) is 5.78 Å². The number of carbonyl (C=O) groups is 1. The average Bonchev–Trinajstić information content (AvgIpc) is 2.62. The summed E-state index contributed by atoms with van der Waals surface area (Å²) in [5, 5.41) is 0. The molecule has 0 aliphatic heterocycles. The molecule has 1 heteroatoms. The maximum atomic E-state index is 11.5. The summed E-state index contributed by atoms with van der Waals surface area (Å²) in [6.07, 6.45) is 4.38. The summed E-state index contributed by atoms with van der Waals surface area (Å²) in [5.74, 6) is 0.941. The standard InChI is InChI=1S/C15H20O/c1-12-7-6-10-15(12,11-13(2)16)14-8-4-3-5-9-14/h3-5,8-9,12H,6-7,10-11H2,1-2H3/t12-,15+/m1/s1. The SMILES string of the molecule is CC(=O)C[C@@]1(c2ccccc2)CCC[C@H]1C. The van der Waals surface area contributed by atoms with Gasteiger partial charge in [-0.2, -0.15) is 0 Å². The molecule has 0 unspecified atom stereocenters. The molecule has 1 aliphatic carbocycles. The summed E-state index contributed by atoms with van der Waals surface area (Å²) in [6, 6.07) is 10.6. The van der Waals surface area contributed by atoms with Gasteiger partial charge in [0.25, 0.3) is 0 Å². The second-order valence-corrected chi connectivity index (χ2v) is 5.19. The highest BCUT2D eigenvalue weighted by molar-refractivity contribution is 5.77. The number of carbonyl (C=O) groups excluding carboxylic acids is 1. The third-order valence-corrected chi connectivity index (χ3v) is 4.12. The van der Waals surface area contributed by atoms with Crippen LogP contribution >= 0.6 is 0 Å². The molecule has 1 fully saturated rings. The van der Waals surface area contributed by atoms with Gasteiger partial charge in [0, 0.05) is 11.8 Å². The van der Waals surface area contributed by atoms with E-state index in [0.717, 1.165) is 6.42 Å². The number of benzene rings is 1. The lowest BCUT2D eigenvalue weighted by molar-refractivity contribution is -0.118. The summed E-state index contributed by atoms with van der Waals surface area (Å²) in [6.45, 7) is 4.01. The molecular formula is C15H20O. The zero-order chi connectivity index (χ0) is 11.6. The number of hydrogen-bond acceptors (Lipinski definition) is 1. The van der Waals surface area contributed by atoms with E-state index in [1.54, 1.807) is 6.92 Å². The van der Waals surface area contributed by atoms with Gasteiger partial charge in [0.1, 0.15) is 5.78 Å². The molecule has 0 N–H and O–H groups in total. The second kappa shape index (κ2) is 4.40. The number of rotatable bonds is 3. The predicted molar refractivity (Wildman–Crippen MR) is 66.4 cm³/mol. The van der Waals surface area contributed by atoms with E-state index in [2.05, 4.69) is 31.2 Å². The van der Waals surface area contributed by atoms with E-state index < -0.39 is 0 Å². The Hall–Kier alpha value is -1.11. The van der Waals surface area contributed by atoms with E-state index in [1.165, 1.54) is 18.4 Å². The van der Waals surface area contributed by atoms with Gasteiger partial charge in [-0.25, -0.2) is 0 Å². The summed E-state index contributed by atoms with van der Waals surface area (Å²) in [5.41, 5.74) is 1.47. The Bertz CT molecular complexity index is 368. The Labute approximate surface area is 97.9 Å². The molecule has 0 saturated heterocycles. The van der Waals surface area contributed by atoms with Gasteiger partial charge < -0.3 is 0 Å². The highest BCUT2D eigenvalue weighted by Gasteiger charge is 2.42. The Morgan fingerprint density at radius 1 is 1.38 bits per heavy atom. The fourth-order valence-electron chi connectivity index (χ4n) is 3.25. The van der Waals surface area contributed by atoms with Gasteiger partial charge in [0.2, 0.25) is 0 Å². The topological polar surface area (TPSA) is 17.1 Å². The van der Waals surface area contributed by atoms with Gasteiger partial charge in [-0.15, -0.1) is 0 Å². The first-order chi connectivity index (χ1) is 7.65. The Balaban J connectivity index is 2.38. The fraction of sp³-hybridized carbons (Fsp3) is 0.533. The molecule has 0 radical (unpaired) electrons.